The minimum Gasteiger partial charge on any atom is -0.397 e. The second-order valence-corrected chi connectivity index (χ2v) is 5.05. The van der Waals surface area contributed by atoms with Gasteiger partial charge in [-0.3, -0.25) is 0 Å². The largest absolute Gasteiger partial charge is 0.397 e. The Morgan fingerprint density at radius 1 is 1.11 bits per heavy atom. The molecule has 3 nitrogen and oxygen atoms in total. The van der Waals surface area contributed by atoms with Gasteiger partial charge in [-0.25, -0.2) is 4.98 Å². The highest BCUT2D eigenvalue weighted by Gasteiger charge is 2.11. The van der Waals surface area contributed by atoms with E-state index in [0.29, 0.717) is 0 Å². The van der Waals surface area contributed by atoms with Crippen LogP contribution in [0.2, 0.25) is 0 Å². The molecule has 0 atom stereocenters. The van der Waals surface area contributed by atoms with Gasteiger partial charge in [-0.2, -0.15) is 0 Å². The van der Waals surface area contributed by atoms with E-state index in [1.54, 1.807) is 0 Å². The number of nitrogens with zero attached hydrogens (tertiary/aromatic N) is 2. The van der Waals surface area contributed by atoms with E-state index in [4.69, 9.17) is 5.73 Å². The number of aromatic nitrogens is 2. The lowest BCUT2D eigenvalue weighted by Crippen LogP contribution is -1.90. The number of nitrogens with two attached hydrogens (primary N) is 1. The smallest absolute Gasteiger partial charge is 0.142 e. The summed E-state index contributed by atoms with van der Waals surface area (Å²) >= 11 is 0. The molecule has 0 radical (unpaired) electrons. The van der Waals surface area contributed by atoms with Crippen LogP contribution in [0.3, 0.4) is 0 Å². The highest BCUT2D eigenvalue weighted by Crippen LogP contribution is 2.33. The van der Waals surface area contributed by atoms with Crippen LogP contribution in [0.5, 0.6) is 0 Å². The number of nitrogen functional groups attached to an aromatic ring is 1. The van der Waals surface area contributed by atoms with E-state index in [0.717, 1.165) is 22.3 Å². The summed E-state index contributed by atoms with van der Waals surface area (Å²) in [6.45, 7) is 4.25. The van der Waals surface area contributed by atoms with Crippen LogP contribution in [0.15, 0.2) is 36.7 Å². The molecule has 3 aromatic rings. The zero-order valence-electron chi connectivity index (χ0n) is 11.4. The molecule has 1 aromatic carbocycles. The third kappa shape index (κ3) is 1.78. The molecule has 2 N–H and O–H groups in total. The van der Waals surface area contributed by atoms with Crippen molar-refractivity contribution in [1.29, 1.82) is 0 Å². The van der Waals surface area contributed by atoms with E-state index < -0.39 is 0 Å². The van der Waals surface area contributed by atoms with Crippen LogP contribution >= 0.6 is 0 Å². The van der Waals surface area contributed by atoms with E-state index >= 15 is 0 Å². The maximum Gasteiger partial charge on any atom is 0.142 e. The molecule has 3 rings (SSSR count). The van der Waals surface area contributed by atoms with Gasteiger partial charge in [0.2, 0.25) is 0 Å². The van der Waals surface area contributed by atoms with Crippen LogP contribution in [0.4, 0.5) is 5.69 Å². The van der Waals surface area contributed by atoms with Crippen molar-refractivity contribution in [3.63, 3.8) is 0 Å². The summed E-state index contributed by atoms with van der Waals surface area (Å²) in [6.07, 6.45) is 3.76. The number of anilines is 1. The van der Waals surface area contributed by atoms with Crippen molar-refractivity contribution in [2.45, 2.75) is 13.8 Å². The third-order valence-corrected chi connectivity index (χ3v) is 3.70. The number of benzene rings is 1. The lowest BCUT2D eigenvalue weighted by atomic mass is 9.99. The van der Waals surface area contributed by atoms with Crippen LogP contribution in [0, 0.1) is 13.8 Å². The second-order valence-electron chi connectivity index (χ2n) is 5.05. The van der Waals surface area contributed by atoms with Gasteiger partial charge in [-0.05, 0) is 42.2 Å². The molecule has 0 unspecified atom stereocenters. The summed E-state index contributed by atoms with van der Waals surface area (Å²) in [5.74, 6) is 0. The maximum atomic E-state index is 6.12. The van der Waals surface area contributed by atoms with Crippen molar-refractivity contribution >= 4 is 16.7 Å². The van der Waals surface area contributed by atoms with E-state index in [-0.39, 0.29) is 0 Å². The Kier molecular flexibility index (Phi) is 2.56. The molecule has 0 saturated carbocycles. The molecule has 2 heterocycles. The van der Waals surface area contributed by atoms with Crippen molar-refractivity contribution in [3.8, 4) is 11.1 Å². The Hall–Kier alpha value is -2.29. The van der Waals surface area contributed by atoms with Gasteiger partial charge in [0.25, 0.3) is 0 Å². The second kappa shape index (κ2) is 4.12. The number of fused-ring (bicyclic) bond motifs is 1. The number of pyridine rings is 1. The van der Waals surface area contributed by atoms with Crippen LogP contribution in [-0.2, 0) is 7.05 Å². The molecular weight excluding hydrogens is 234 g/mol. The zero-order chi connectivity index (χ0) is 13.6. The maximum absolute atomic E-state index is 6.12. The summed E-state index contributed by atoms with van der Waals surface area (Å²) in [5.41, 5.74) is 12.7. The zero-order valence-corrected chi connectivity index (χ0v) is 11.4. The van der Waals surface area contributed by atoms with Crippen LogP contribution in [0.25, 0.3) is 22.2 Å². The summed E-state index contributed by atoms with van der Waals surface area (Å²) in [7, 11) is 1.97. The Bertz CT molecular complexity index is 769. The number of rotatable bonds is 1. The van der Waals surface area contributed by atoms with Gasteiger partial charge in [0.1, 0.15) is 5.65 Å². The first-order valence-electron chi connectivity index (χ1n) is 6.35. The van der Waals surface area contributed by atoms with Gasteiger partial charge in [-0.1, -0.05) is 18.2 Å². The standard InChI is InChI=1S/C16H17N3/c1-10-4-5-12(8-11(10)2)13-6-7-18-16-15(13)14(17)9-19(16)3/h4-9H,17H2,1-3H3. The van der Waals surface area contributed by atoms with Crippen LogP contribution in [0.1, 0.15) is 11.1 Å². The molecule has 0 bridgehead atoms. The predicted molar refractivity (Wildman–Crippen MR) is 80.0 cm³/mol. The predicted octanol–water partition coefficient (Wildman–Crippen LogP) is 3.44. The van der Waals surface area contributed by atoms with Crippen LogP contribution in [-0.4, -0.2) is 9.55 Å². The Labute approximate surface area is 112 Å². The molecule has 2 aromatic heterocycles. The van der Waals surface area contributed by atoms with Crippen molar-refractivity contribution in [1.82, 2.24) is 9.55 Å². The first-order chi connectivity index (χ1) is 9.08. The summed E-state index contributed by atoms with van der Waals surface area (Å²) in [4.78, 5) is 4.41. The highest BCUT2D eigenvalue weighted by molar-refractivity contribution is 6.01. The Morgan fingerprint density at radius 3 is 2.63 bits per heavy atom. The first kappa shape index (κ1) is 11.8. The van der Waals surface area contributed by atoms with E-state index in [1.165, 1.54) is 16.7 Å². The summed E-state index contributed by atoms with van der Waals surface area (Å²) in [5, 5.41) is 1.04. The summed E-state index contributed by atoms with van der Waals surface area (Å²) in [6, 6.07) is 8.53. The first-order valence-corrected chi connectivity index (χ1v) is 6.35. The molecule has 0 saturated heterocycles. The van der Waals surface area contributed by atoms with Crippen molar-refractivity contribution < 1.29 is 0 Å². The van der Waals surface area contributed by atoms with E-state index in [9.17, 15) is 0 Å². The monoisotopic (exact) mass is 251 g/mol. The fraction of sp³-hybridized carbons (Fsp3) is 0.188. The average molecular weight is 251 g/mol. The molecule has 0 aliphatic rings. The molecule has 3 heteroatoms. The highest BCUT2D eigenvalue weighted by atomic mass is 15.0. The lowest BCUT2D eigenvalue weighted by Gasteiger charge is -2.07. The SMILES string of the molecule is Cc1ccc(-c2ccnc3c2c(N)cn3C)cc1C. The fourth-order valence-corrected chi connectivity index (χ4v) is 2.49. The topological polar surface area (TPSA) is 43.8 Å². The van der Waals surface area contributed by atoms with Crippen molar-refractivity contribution in [2.24, 2.45) is 7.05 Å². The quantitative estimate of drug-likeness (QED) is 0.720. The Morgan fingerprint density at radius 2 is 1.89 bits per heavy atom. The van der Waals surface area contributed by atoms with Gasteiger partial charge >= 0.3 is 0 Å². The molecule has 0 aliphatic carbocycles. The fourth-order valence-electron chi connectivity index (χ4n) is 2.49. The van der Waals surface area contributed by atoms with E-state index in [2.05, 4.69) is 37.0 Å². The summed E-state index contributed by atoms with van der Waals surface area (Å²) < 4.78 is 1.97. The third-order valence-electron chi connectivity index (χ3n) is 3.70. The van der Waals surface area contributed by atoms with Crippen molar-refractivity contribution in [3.05, 3.63) is 47.8 Å². The van der Waals surface area contributed by atoms with Gasteiger partial charge in [0, 0.05) is 24.8 Å². The minimum atomic E-state index is 0.777. The van der Waals surface area contributed by atoms with Gasteiger partial charge in [0.15, 0.2) is 0 Å². The molecular formula is C16H17N3. The van der Waals surface area contributed by atoms with Crippen molar-refractivity contribution in [2.75, 3.05) is 5.73 Å². The van der Waals surface area contributed by atoms with Gasteiger partial charge in [-0.15, -0.1) is 0 Å². The average Bonchev–Trinajstić information content (AvgIpc) is 2.69. The van der Waals surface area contributed by atoms with E-state index in [1.807, 2.05) is 30.1 Å². The molecule has 19 heavy (non-hydrogen) atoms. The van der Waals surface area contributed by atoms with Gasteiger partial charge in [0.05, 0.1) is 5.69 Å². The molecule has 0 spiro atoms. The van der Waals surface area contributed by atoms with Gasteiger partial charge < -0.3 is 10.3 Å². The number of aryl methyl sites for hydroxylation is 3. The number of hydrogen-bond acceptors (Lipinski definition) is 2. The molecule has 0 amide bonds. The molecule has 0 fully saturated rings. The lowest BCUT2D eigenvalue weighted by molar-refractivity contribution is 0.950. The normalized spacial score (nSPS) is 11.1. The molecule has 0 aliphatic heterocycles. The number of hydrogen-bond donors (Lipinski definition) is 1. The van der Waals surface area contributed by atoms with Crippen LogP contribution < -0.4 is 5.73 Å². The minimum absolute atomic E-state index is 0.777. The molecule has 96 valence electrons. The Balaban J connectivity index is 2.33.